The summed E-state index contributed by atoms with van der Waals surface area (Å²) < 4.78 is 55.8. The van der Waals surface area contributed by atoms with E-state index in [9.17, 15) is 22.4 Å². The third-order valence-corrected chi connectivity index (χ3v) is 5.65. The monoisotopic (exact) mass is 554 g/mol. The lowest BCUT2D eigenvalue weighted by molar-refractivity contribution is -0.137. The number of nitrogens with zero attached hydrogens (tertiary/aromatic N) is 5. The van der Waals surface area contributed by atoms with Gasteiger partial charge in [0.1, 0.15) is 11.6 Å². The van der Waals surface area contributed by atoms with Gasteiger partial charge in [-0.05, 0) is 56.1 Å². The maximum absolute atomic E-state index is 14.8. The van der Waals surface area contributed by atoms with Crippen molar-refractivity contribution in [3.63, 3.8) is 0 Å². The molecule has 40 heavy (non-hydrogen) atoms. The molecule has 0 radical (unpaired) electrons. The Labute approximate surface area is 227 Å². The third kappa shape index (κ3) is 7.20. The van der Waals surface area contributed by atoms with Crippen LogP contribution in [0.2, 0.25) is 0 Å². The zero-order chi connectivity index (χ0) is 28.9. The topological polar surface area (TPSA) is 100 Å². The van der Waals surface area contributed by atoms with E-state index in [0.717, 1.165) is 30.8 Å². The number of hydrogen-bond acceptors (Lipinski definition) is 7. The van der Waals surface area contributed by atoms with E-state index in [4.69, 9.17) is 0 Å². The zero-order valence-corrected chi connectivity index (χ0v) is 21.6. The summed E-state index contributed by atoms with van der Waals surface area (Å²) in [6.07, 6.45) is 1.36. The first kappa shape index (κ1) is 28.2. The number of alkyl halides is 3. The van der Waals surface area contributed by atoms with Crippen molar-refractivity contribution in [3.8, 4) is 11.1 Å². The van der Waals surface area contributed by atoms with E-state index in [2.05, 4.69) is 37.6 Å². The lowest BCUT2D eigenvalue weighted by atomic mass is 10.1. The highest BCUT2D eigenvalue weighted by Crippen LogP contribution is 2.34. The molecule has 1 amide bonds. The number of benzene rings is 2. The van der Waals surface area contributed by atoms with Crippen molar-refractivity contribution in [1.29, 1.82) is 0 Å². The number of amides is 1. The molecule has 0 fully saturated rings. The summed E-state index contributed by atoms with van der Waals surface area (Å²) in [4.78, 5) is 22.5. The van der Waals surface area contributed by atoms with Gasteiger partial charge in [-0.15, -0.1) is 0 Å². The van der Waals surface area contributed by atoms with Gasteiger partial charge in [0.25, 0.3) is 0 Å². The molecule has 0 saturated carbocycles. The zero-order valence-electron chi connectivity index (χ0n) is 21.6. The minimum Gasteiger partial charge on any atom is -0.337 e. The van der Waals surface area contributed by atoms with Gasteiger partial charge in [-0.25, -0.2) is 9.37 Å². The minimum atomic E-state index is -4.50. The summed E-state index contributed by atoms with van der Waals surface area (Å²) in [7, 11) is 3.91. The van der Waals surface area contributed by atoms with Crippen LogP contribution < -0.4 is 16.0 Å². The first-order valence-corrected chi connectivity index (χ1v) is 12.0. The van der Waals surface area contributed by atoms with Crippen LogP contribution in [0.4, 0.5) is 46.4 Å². The predicted octanol–water partition coefficient (Wildman–Crippen LogP) is 5.67. The number of aromatic nitrogens is 4. The fourth-order valence-corrected chi connectivity index (χ4v) is 3.59. The van der Waals surface area contributed by atoms with Gasteiger partial charge >= 0.3 is 6.18 Å². The Morgan fingerprint density at radius 1 is 1.07 bits per heavy atom. The summed E-state index contributed by atoms with van der Waals surface area (Å²) in [6, 6.07) is 8.34. The van der Waals surface area contributed by atoms with Crippen LogP contribution in [0.3, 0.4) is 0 Å². The number of rotatable bonds is 10. The normalized spacial score (nSPS) is 11.4. The summed E-state index contributed by atoms with van der Waals surface area (Å²) in [5, 5.41) is 12.8. The first-order valence-electron chi connectivity index (χ1n) is 12.0. The molecule has 4 rings (SSSR count). The van der Waals surface area contributed by atoms with Crippen LogP contribution in [0.1, 0.15) is 5.56 Å². The number of nitrogens with one attached hydrogen (secondary N) is 3. The molecule has 2 heterocycles. The first-order chi connectivity index (χ1) is 19.0. The molecule has 0 spiro atoms. The van der Waals surface area contributed by atoms with Crippen molar-refractivity contribution < 1.29 is 22.4 Å². The second kappa shape index (κ2) is 11.9. The summed E-state index contributed by atoms with van der Waals surface area (Å²) >= 11 is 0. The van der Waals surface area contributed by atoms with Gasteiger partial charge in [0.05, 0.1) is 29.7 Å². The van der Waals surface area contributed by atoms with Crippen LogP contribution in [0.5, 0.6) is 0 Å². The quantitative estimate of drug-likeness (QED) is 0.172. The van der Waals surface area contributed by atoms with E-state index in [0.29, 0.717) is 29.0 Å². The number of likely N-dealkylation sites (N-methyl/N-ethyl adjacent to an activating group) is 1. The van der Waals surface area contributed by atoms with Crippen molar-refractivity contribution in [2.75, 3.05) is 36.6 Å². The molecule has 0 aliphatic rings. The van der Waals surface area contributed by atoms with E-state index in [1.807, 2.05) is 19.0 Å². The number of carbonyl (C=O) groups excluding carboxylic acids is 1. The molecular weight excluding hydrogens is 528 g/mol. The molecule has 4 aromatic rings. The second-order valence-corrected chi connectivity index (χ2v) is 8.96. The molecule has 13 heteroatoms. The largest absolute Gasteiger partial charge is 0.416 e. The molecular formula is C27H26F4N8O. The lowest BCUT2D eigenvalue weighted by Gasteiger charge is -2.15. The smallest absolute Gasteiger partial charge is 0.337 e. The predicted molar refractivity (Wildman–Crippen MR) is 145 cm³/mol. The fourth-order valence-electron chi connectivity index (χ4n) is 3.59. The van der Waals surface area contributed by atoms with E-state index in [1.54, 1.807) is 17.1 Å². The summed E-state index contributed by atoms with van der Waals surface area (Å²) in [5.74, 6) is -0.877. The van der Waals surface area contributed by atoms with Crippen LogP contribution in [0.25, 0.3) is 11.1 Å². The molecule has 2 aromatic carbocycles. The van der Waals surface area contributed by atoms with Crippen LogP contribution in [0.15, 0.2) is 73.7 Å². The average molecular weight is 555 g/mol. The van der Waals surface area contributed by atoms with Crippen molar-refractivity contribution in [1.82, 2.24) is 24.6 Å². The second-order valence-electron chi connectivity index (χ2n) is 8.96. The fraction of sp³-hybridized carbons (Fsp3) is 0.185. The van der Waals surface area contributed by atoms with E-state index >= 15 is 0 Å². The Hall–Kier alpha value is -4.78. The van der Waals surface area contributed by atoms with Crippen molar-refractivity contribution in [2.45, 2.75) is 12.7 Å². The van der Waals surface area contributed by atoms with Crippen molar-refractivity contribution in [3.05, 3.63) is 85.1 Å². The Kier molecular flexibility index (Phi) is 8.43. The van der Waals surface area contributed by atoms with Gasteiger partial charge in [0.2, 0.25) is 11.9 Å². The molecule has 0 aliphatic carbocycles. The minimum absolute atomic E-state index is 0.0313. The van der Waals surface area contributed by atoms with Gasteiger partial charge in [-0.3, -0.25) is 9.48 Å². The molecule has 3 N–H and O–H groups in total. The Morgan fingerprint density at radius 2 is 1.82 bits per heavy atom. The molecule has 9 nitrogen and oxygen atoms in total. The van der Waals surface area contributed by atoms with E-state index in [-0.39, 0.29) is 17.5 Å². The molecule has 0 atom stereocenters. The molecule has 0 unspecified atom stereocenters. The van der Waals surface area contributed by atoms with Gasteiger partial charge in [-0.2, -0.15) is 23.3 Å². The number of carbonyl (C=O) groups is 1. The van der Waals surface area contributed by atoms with Gasteiger partial charge in [0, 0.05) is 30.2 Å². The van der Waals surface area contributed by atoms with Gasteiger partial charge in [0.15, 0.2) is 0 Å². The average Bonchev–Trinajstić information content (AvgIpc) is 3.36. The van der Waals surface area contributed by atoms with Crippen LogP contribution in [-0.2, 0) is 17.5 Å². The van der Waals surface area contributed by atoms with Crippen molar-refractivity contribution in [2.24, 2.45) is 0 Å². The Bertz CT molecular complexity index is 1500. The maximum Gasteiger partial charge on any atom is 0.416 e. The Balaban J connectivity index is 1.68. The molecule has 0 bridgehead atoms. The van der Waals surface area contributed by atoms with Gasteiger partial charge in [-0.1, -0.05) is 18.7 Å². The highest BCUT2D eigenvalue weighted by atomic mass is 19.4. The van der Waals surface area contributed by atoms with Crippen LogP contribution >= 0.6 is 0 Å². The summed E-state index contributed by atoms with van der Waals surface area (Å²) in [6.45, 7) is 4.83. The number of halogens is 4. The molecule has 0 aliphatic heterocycles. The lowest BCUT2D eigenvalue weighted by Crippen LogP contribution is -2.18. The van der Waals surface area contributed by atoms with E-state index in [1.165, 1.54) is 30.5 Å². The van der Waals surface area contributed by atoms with Crippen LogP contribution in [-0.4, -0.2) is 51.2 Å². The SMILES string of the molecule is C=CC(=O)Nc1ccc(F)c(Nc2nc(Nc3cnn(CCN(C)C)c3)ncc2-c2ccc(C(F)(F)F)cc2)c1. The maximum atomic E-state index is 14.8. The Morgan fingerprint density at radius 3 is 2.50 bits per heavy atom. The molecule has 0 saturated heterocycles. The highest BCUT2D eigenvalue weighted by molar-refractivity contribution is 5.99. The molecule has 208 valence electrons. The van der Waals surface area contributed by atoms with Crippen molar-refractivity contribution >= 4 is 34.7 Å². The molecule has 2 aromatic heterocycles. The number of anilines is 5. The van der Waals surface area contributed by atoms with Crippen LogP contribution in [0, 0.1) is 5.82 Å². The number of hydrogen-bond donors (Lipinski definition) is 3. The van der Waals surface area contributed by atoms with Gasteiger partial charge < -0.3 is 20.9 Å². The standard InChI is InChI=1S/C27H26F4N8O/c1-4-24(40)34-19-9-10-22(28)23(13-19)36-25-21(17-5-7-18(8-6-17)27(29,30)31)15-32-26(37-25)35-20-14-33-39(16-20)12-11-38(2)3/h4-10,13-16H,1,11-12H2,2-3H3,(H,34,40)(H2,32,35,36,37). The van der Waals surface area contributed by atoms with E-state index < -0.39 is 23.5 Å². The third-order valence-electron chi connectivity index (χ3n) is 5.65. The summed E-state index contributed by atoms with van der Waals surface area (Å²) in [5.41, 5.74) is 0.745. The highest BCUT2D eigenvalue weighted by Gasteiger charge is 2.30.